The summed E-state index contributed by atoms with van der Waals surface area (Å²) in [6.45, 7) is -0.864. The average Bonchev–Trinajstić information content (AvgIpc) is 2.95. The minimum Gasteiger partial charge on any atom is -0.480 e. The van der Waals surface area contributed by atoms with E-state index in [0.717, 1.165) is 11.1 Å². The van der Waals surface area contributed by atoms with Crippen molar-refractivity contribution in [3.8, 4) is 0 Å². The second-order valence-electron chi connectivity index (χ2n) is 9.19. The summed E-state index contributed by atoms with van der Waals surface area (Å²) in [5.74, 6) is -4.32. The van der Waals surface area contributed by atoms with E-state index in [2.05, 4.69) is 5.32 Å². The zero-order valence-corrected chi connectivity index (χ0v) is 21.4. The molecule has 0 saturated heterocycles. The van der Waals surface area contributed by atoms with Crippen LogP contribution in [0.4, 0.5) is 5.69 Å². The van der Waals surface area contributed by atoms with Crippen molar-refractivity contribution in [1.29, 1.82) is 0 Å². The maximum absolute atomic E-state index is 13.0. The van der Waals surface area contributed by atoms with E-state index in [-0.39, 0.29) is 17.9 Å². The molecule has 0 heterocycles. The van der Waals surface area contributed by atoms with Gasteiger partial charge in [0.25, 0.3) is 5.91 Å². The molecular formula is C32H27NO7. The summed E-state index contributed by atoms with van der Waals surface area (Å²) < 4.78 is 5.13. The number of anilines is 1. The van der Waals surface area contributed by atoms with Gasteiger partial charge in [0.15, 0.2) is 0 Å². The highest BCUT2D eigenvalue weighted by molar-refractivity contribution is 6.06. The SMILES string of the molecule is O=C(Cc1ccc(NC(=O)c2ccccc2Cc2ccccc2)cc1)OCC(C(=O)O)(C(=O)O)c1ccccc1. The number of carboxylic acid groups (broad SMARTS) is 2. The molecule has 3 N–H and O–H groups in total. The number of nitrogens with one attached hydrogen (secondary N) is 1. The van der Waals surface area contributed by atoms with E-state index in [1.807, 2.05) is 42.5 Å². The first-order valence-electron chi connectivity index (χ1n) is 12.5. The largest absolute Gasteiger partial charge is 0.480 e. The molecule has 0 atom stereocenters. The minimum absolute atomic E-state index is 0.00626. The fourth-order valence-corrected chi connectivity index (χ4v) is 4.29. The van der Waals surface area contributed by atoms with Gasteiger partial charge in [-0.3, -0.25) is 19.2 Å². The molecular weight excluding hydrogens is 510 g/mol. The molecule has 0 radical (unpaired) electrons. The maximum Gasteiger partial charge on any atom is 0.329 e. The predicted molar refractivity (Wildman–Crippen MR) is 148 cm³/mol. The number of esters is 1. The van der Waals surface area contributed by atoms with Crippen LogP contribution in [0.25, 0.3) is 0 Å². The fourth-order valence-electron chi connectivity index (χ4n) is 4.29. The van der Waals surface area contributed by atoms with Gasteiger partial charge in [-0.15, -0.1) is 0 Å². The highest BCUT2D eigenvalue weighted by Crippen LogP contribution is 2.26. The lowest BCUT2D eigenvalue weighted by Crippen LogP contribution is -2.48. The normalized spacial score (nSPS) is 10.9. The van der Waals surface area contributed by atoms with Crippen molar-refractivity contribution in [2.75, 3.05) is 11.9 Å². The highest BCUT2D eigenvalue weighted by atomic mass is 16.5. The Morgan fingerprint density at radius 2 is 1.25 bits per heavy atom. The molecule has 0 bridgehead atoms. The third-order valence-electron chi connectivity index (χ3n) is 6.51. The number of amides is 1. The number of carboxylic acids is 2. The van der Waals surface area contributed by atoms with E-state index in [4.69, 9.17) is 4.74 Å². The zero-order valence-electron chi connectivity index (χ0n) is 21.4. The van der Waals surface area contributed by atoms with Crippen molar-refractivity contribution in [1.82, 2.24) is 0 Å². The Kier molecular flexibility index (Phi) is 8.71. The first kappa shape index (κ1) is 27.8. The molecule has 0 aliphatic heterocycles. The highest BCUT2D eigenvalue weighted by Gasteiger charge is 2.50. The molecule has 4 rings (SSSR count). The van der Waals surface area contributed by atoms with Crippen LogP contribution in [0.1, 0.15) is 32.6 Å². The molecule has 202 valence electrons. The minimum atomic E-state index is -2.43. The van der Waals surface area contributed by atoms with Gasteiger partial charge in [0.05, 0.1) is 6.42 Å². The lowest BCUT2D eigenvalue weighted by Gasteiger charge is -2.25. The molecule has 0 spiro atoms. The van der Waals surface area contributed by atoms with Crippen LogP contribution in [0.15, 0.2) is 109 Å². The molecule has 0 aromatic heterocycles. The van der Waals surface area contributed by atoms with Crippen LogP contribution < -0.4 is 5.32 Å². The van der Waals surface area contributed by atoms with Crippen molar-refractivity contribution in [2.45, 2.75) is 18.3 Å². The third kappa shape index (κ3) is 6.42. The summed E-state index contributed by atoms with van der Waals surface area (Å²) in [5.41, 5.74) is 1.17. The molecule has 8 heteroatoms. The van der Waals surface area contributed by atoms with Gasteiger partial charge in [0, 0.05) is 11.3 Å². The maximum atomic E-state index is 13.0. The van der Waals surface area contributed by atoms with Crippen LogP contribution in [-0.4, -0.2) is 40.6 Å². The van der Waals surface area contributed by atoms with Gasteiger partial charge in [-0.1, -0.05) is 91.0 Å². The lowest BCUT2D eigenvalue weighted by molar-refractivity contribution is -0.163. The Labute approximate surface area is 230 Å². The second kappa shape index (κ2) is 12.5. The number of benzene rings is 4. The van der Waals surface area contributed by atoms with Gasteiger partial charge in [0.1, 0.15) is 6.61 Å². The zero-order chi connectivity index (χ0) is 28.5. The monoisotopic (exact) mass is 537 g/mol. The first-order chi connectivity index (χ1) is 19.3. The molecule has 0 aliphatic carbocycles. The van der Waals surface area contributed by atoms with E-state index in [9.17, 15) is 29.4 Å². The number of rotatable bonds is 11. The number of hydrogen-bond donors (Lipinski definition) is 3. The predicted octanol–water partition coefficient (Wildman–Crippen LogP) is 4.72. The standard InChI is InChI=1S/C32H27NO7/c34-28(40-21-32(30(36)37,31(38)39)25-12-5-2-6-13-25)20-23-15-17-26(18-16-23)33-29(35)27-14-8-7-11-24(27)19-22-9-3-1-4-10-22/h1-18H,19-21H2,(H,33,35)(H,36,37)(H,38,39). The van der Waals surface area contributed by atoms with Crippen molar-refractivity contribution < 1.29 is 34.1 Å². The van der Waals surface area contributed by atoms with E-state index in [0.29, 0.717) is 23.2 Å². The summed E-state index contributed by atoms with van der Waals surface area (Å²) in [6.07, 6.45) is 0.402. The van der Waals surface area contributed by atoms with E-state index >= 15 is 0 Å². The average molecular weight is 538 g/mol. The summed E-state index contributed by atoms with van der Waals surface area (Å²) in [7, 11) is 0. The molecule has 0 aliphatic rings. The van der Waals surface area contributed by atoms with E-state index in [1.54, 1.807) is 42.5 Å². The van der Waals surface area contributed by atoms with E-state index < -0.39 is 29.9 Å². The van der Waals surface area contributed by atoms with Crippen molar-refractivity contribution >= 4 is 29.5 Å². The summed E-state index contributed by atoms with van der Waals surface area (Å²) in [6, 6.07) is 31.1. The fraction of sp³-hybridized carbons (Fsp3) is 0.125. The van der Waals surface area contributed by atoms with Crippen molar-refractivity contribution in [2.24, 2.45) is 0 Å². The smallest absolute Gasteiger partial charge is 0.329 e. The van der Waals surface area contributed by atoms with Crippen LogP contribution >= 0.6 is 0 Å². The summed E-state index contributed by atoms with van der Waals surface area (Å²) in [5, 5.41) is 22.3. The number of ether oxygens (including phenoxy) is 1. The van der Waals surface area contributed by atoms with Gasteiger partial charge in [-0.2, -0.15) is 0 Å². The molecule has 8 nitrogen and oxygen atoms in total. The topological polar surface area (TPSA) is 130 Å². The Bertz CT molecular complexity index is 1490. The summed E-state index contributed by atoms with van der Waals surface area (Å²) >= 11 is 0. The van der Waals surface area contributed by atoms with Crippen LogP contribution in [0.2, 0.25) is 0 Å². The number of carbonyl (C=O) groups excluding carboxylic acids is 2. The molecule has 0 saturated carbocycles. The van der Waals surface area contributed by atoms with Gasteiger partial charge < -0.3 is 20.3 Å². The number of hydrogen-bond acceptors (Lipinski definition) is 5. The number of aliphatic carboxylic acids is 2. The Morgan fingerprint density at radius 1 is 0.675 bits per heavy atom. The quantitative estimate of drug-likeness (QED) is 0.186. The molecule has 0 unspecified atom stereocenters. The van der Waals surface area contributed by atoms with Gasteiger partial charge in [-0.05, 0) is 46.9 Å². The second-order valence-corrected chi connectivity index (χ2v) is 9.19. The third-order valence-corrected chi connectivity index (χ3v) is 6.51. The van der Waals surface area contributed by atoms with Gasteiger partial charge >= 0.3 is 17.9 Å². The molecule has 40 heavy (non-hydrogen) atoms. The number of carbonyl (C=O) groups is 4. The van der Waals surface area contributed by atoms with Crippen molar-refractivity contribution in [3.05, 3.63) is 137 Å². The van der Waals surface area contributed by atoms with E-state index in [1.165, 1.54) is 24.3 Å². The Hall–Kier alpha value is -5.24. The van der Waals surface area contributed by atoms with Gasteiger partial charge in [0.2, 0.25) is 5.41 Å². The first-order valence-corrected chi connectivity index (χ1v) is 12.5. The molecule has 4 aromatic rings. The lowest BCUT2D eigenvalue weighted by atomic mass is 9.81. The molecule has 1 amide bonds. The van der Waals surface area contributed by atoms with Crippen molar-refractivity contribution in [3.63, 3.8) is 0 Å². The van der Waals surface area contributed by atoms with Crippen LogP contribution in [-0.2, 0) is 37.4 Å². The van der Waals surface area contributed by atoms with Crippen LogP contribution in [0, 0.1) is 0 Å². The Balaban J connectivity index is 1.38. The van der Waals surface area contributed by atoms with Crippen LogP contribution in [0.3, 0.4) is 0 Å². The Morgan fingerprint density at radius 3 is 1.88 bits per heavy atom. The molecule has 4 aromatic carbocycles. The van der Waals surface area contributed by atoms with Crippen LogP contribution in [0.5, 0.6) is 0 Å². The van der Waals surface area contributed by atoms with Gasteiger partial charge in [-0.25, -0.2) is 0 Å². The summed E-state index contributed by atoms with van der Waals surface area (Å²) in [4.78, 5) is 49.4. The molecule has 0 fully saturated rings.